The van der Waals surface area contributed by atoms with Gasteiger partial charge in [-0.15, -0.1) is 0 Å². The van der Waals surface area contributed by atoms with Gasteiger partial charge in [0, 0.05) is 32.7 Å². The Morgan fingerprint density at radius 3 is 2.61 bits per heavy atom. The molecule has 1 unspecified atom stereocenters. The first-order chi connectivity index (χ1) is 8.41. The van der Waals surface area contributed by atoms with Crippen molar-refractivity contribution < 1.29 is 0 Å². The monoisotopic (exact) mass is 267 g/mol. The maximum Gasteiger partial charge on any atom is 0.137 e. The van der Waals surface area contributed by atoms with Crippen molar-refractivity contribution in [2.24, 2.45) is 12.8 Å². The van der Waals surface area contributed by atoms with Crippen LogP contribution in [-0.4, -0.2) is 52.4 Å². The van der Waals surface area contributed by atoms with Gasteiger partial charge in [-0.05, 0) is 20.9 Å². The van der Waals surface area contributed by atoms with Crippen molar-refractivity contribution in [2.45, 2.75) is 19.9 Å². The standard InChI is InChI=1S/C12H21N5S/c1-8-7-15(3)5-6-17(8)12-10(11(13)18)9(2)14-16(12)4/h8H,5-7H2,1-4H3,(H2,13,18). The fourth-order valence-corrected chi connectivity index (χ4v) is 2.96. The molecular formula is C12H21N5S. The topological polar surface area (TPSA) is 50.3 Å². The van der Waals surface area contributed by atoms with E-state index in [1.165, 1.54) is 0 Å². The van der Waals surface area contributed by atoms with Crippen molar-refractivity contribution in [1.29, 1.82) is 0 Å². The summed E-state index contributed by atoms with van der Waals surface area (Å²) in [5.74, 6) is 1.06. The Bertz CT molecular complexity index is 467. The minimum Gasteiger partial charge on any atom is -0.389 e. The second-order valence-electron chi connectivity index (χ2n) is 5.08. The lowest BCUT2D eigenvalue weighted by Crippen LogP contribution is -2.51. The highest BCUT2D eigenvalue weighted by Crippen LogP contribution is 2.26. The molecule has 0 radical (unpaired) electrons. The van der Waals surface area contributed by atoms with Crippen LogP contribution >= 0.6 is 12.2 Å². The highest BCUT2D eigenvalue weighted by molar-refractivity contribution is 7.80. The van der Waals surface area contributed by atoms with Crippen LogP contribution in [0.2, 0.25) is 0 Å². The molecule has 0 saturated carbocycles. The zero-order valence-corrected chi connectivity index (χ0v) is 12.3. The number of aryl methyl sites for hydroxylation is 2. The summed E-state index contributed by atoms with van der Waals surface area (Å²) in [4.78, 5) is 5.13. The van der Waals surface area contributed by atoms with Gasteiger partial charge in [0.1, 0.15) is 10.8 Å². The summed E-state index contributed by atoms with van der Waals surface area (Å²) in [6, 6.07) is 0.437. The molecule has 1 aromatic heterocycles. The van der Waals surface area contributed by atoms with Crippen LogP contribution in [0.5, 0.6) is 0 Å². The molecule has 18 heavy (non-hydrogen) atoms. The molecule has 0 amide bonds. The van der Waals surface area contributed by atoms with Crippen LogP contribution in [-0.2, 0) is 7.05 Å². The second-order valence-corrected chi connectivity index (χ2v) is 5.52. The van der Waals surface area contributed by atoms with Crippen molar-refractivity contribution in [1.82, 2.24) is 14.7 Å². The van der Waals surface area contributed by atoms with Crippen molar-refractivity contribution in [2.75, 3.05) is 31.6 Å². The minimum absolute atomic E-state index is 0.432. The maximum absolute atomic E-state index is 5.85. The van der Waals surface area contributed by atoms with Crippen LogP contribution in [0.25, 0.3) is 0 Å². The van der Waals surface area contributed by atoms with Gasteiger partial charge in [-0.25, -0.2) is 0 Å². The van der Waals surface area contributed by atoms with Crippen LogP contribution in [0.1, 0.15) is 18.2 Å². The lowest BCUT2D eigenvalue weighted by Gasteiger charge is -2.39. The van der Waals surface area contributed by atoms with Crippen molar-refractivity contribution in [3.63, 3.8) is 0 Å². The molecule has 2 rings (SSSR count). The van der Waals surface area contributed by atoms with Gasteiger partial charge in [-0.3, -0.25) is 4.68 Å². The number of aromatic nitrogens is 2. The third kappa shape index (κ3) is 2.22. The molecule has 1 atom stereocenters. The molecule has 0 spiro atoms. The molecule has 1 aliphatic heterocycles. The molecule has 5 nitrogen and oxygen atoms in total. The van der Waals surface area contributed by atoms with Crippen molar-refractivity contribution in [3.8, 4) is 0 Å². The summed E-state index contributed by atoms with van der Waals surface area (Å²) >= 11 is 5.17. The van der Waals surface area contributed by atoms with Gasteiger partial charge >= 0.3 is 0 Å². The predicted octanol–water partition coefficient (Wildman–Crippen LogP) is 0.503. The van der Waals surface area contributed by atoms with E-state index in [2.05, 4.69) is 28.9 Å². The van der Waals surface area contributed by atoms with Crippen LogP contribution < -0.4 is 10.6 Å². The van der Waals surface area contributed by atoms with E-state index in [4.69, 9.17) is 18.0 Å². The number of piperazine rings is 1. The lowest BCUT2D eigenvalue weighted by molar-refractivity contribution is 0.273. The van der Waals surface area contributed by atoms with E-state index < -0.39 is 0 Å². The number of anilines is 1. The van der Waals surface area contributed by atoms with Crippen LogP contribution in [0.15, 0.2) is 0 Å². The molecule has 2 N–H and O–H groups in total. The van der Waals surface area contributed by atoms with Crippen molar-refractivity contribution in [3.05, 3.63) is 11.3 Å². The fraction of sp³-hybridized carbons (Fsp3) is 0.667. The number of nitrogens with two attached hydrogens (primary N) is 1. The Morgan fingerprint density at radius 2 is 2.06 bits per heavy atom. The van der Waals surface area contributed by atoms with Gasteiger partial charge in [0.15, 0.2) is 0 Å². The Balaban J connectivity index is 2.41. The second kappa shape index (κ2) is 4.85. The first-order valence-electron chi connectivity index (χ1n) is 6.20. The Labute approximate surface area is 114 Å². The highest BCUT2D eigenvalue weighted by atomic mass is 32.1. The van der Waals surface area contributed by atoms with E-state index in [-0.39, 0.29) is 0 Å². The van der Waals surface area contributed by atoms with Crippen molar-refractivity contribution >= 4 is 23.0 Å². The number of thiocarbonyl (C=S) groups is 1. The summed E-state index contributed by atoms with van der Waals surface area (Å²) < 4.78 is 1.89. The number of hydrogen-bond donors (Lipinski definition) is 1. The molecule has 1 fully saturated rings. The third-order valence-corrected chi connectivity index (χ3v) is 3.75. The van der Waals surface area contributed by atoms with Gasteiger partial charge < -0.3 is 15.5 Å². The van der Waals surface area contributed by atoms with E-state index in [9.17, 15) is 0 Å². The number of hydrogen-bond acceptors (Lipinski definition) is 4. The Morgan fingerprint density at radius 1 is 1.39 bits per heavy atom. The fourth-order valence-electron chi connectivity index (χ4n) is 2.72. The third-order valence-electron chi connectivity index (χ3n) is 3.54. The summed E-state index contributed by atoms with van der Waals surface area (Å²) in [6.45, 7) is 7.25. The van der Waals surface area contributed by atoms with E-state index in [0.29, 0.717) is 11.0 Å². The zero-order chi connectivity index (χ0) is 13.4. The molecule has 0 bridgehead atoms. The summed E-state index contributed by atoms with van der Waals surface area (Å²) in [5, 5.41) is 4.45. The molecule has 1 saturated heterocycles. The van der Waals surface area contributed by atoms with Crippen LogP contribution in [0.3, 0.4) is 0 Å². The molecular weight excluding hydrogens is 246 g/mol. The summed E-state index contributed by atoms with van der Waals surface area (Å²) in [6.07, 6.45) is 0. The molecule has 0 aliphatic carbocycles. The average Bonchev–Trinajstić information content (AvgIpc) is 2.53. The highest BCUT2D eigenvalue weighted by Gasteiger charge is 2.28. The SMILES string of the molecule is Cc1nn(C)c(N2CCN(C)CC2C)c1C(N)=S. The van der Waals surface area contributed by atoms with Crippen LogP contribution in [0, 0.1) is 6.92 Å². The molecule has 6 heteroatoms. The van der Waals surface area contributed by atoms with E-state index in [1.807, 2.05) is 18.7 Å². The van der Waals surface area contributed by atoms with Gasteiger partial charge in [-0.2, -0.15) is 5.10 Å². The van der Waals surface area contributed by atoms with Crippen LogP contribution in [0.4, 0.5) is 5.82 Å². The number of likely N-dealkylation sites (N-methyl/N-ethyl adjacent to an activating group) is 1. The maximum atomic E-state index is 5.85. The Kier molecular flexibility index (Phi) is 3.59. The van der Waals surface area contributed by atoms with Gasteiger partial charge in [0.05, 0.1) is 11.3 Å². The van der Waals surface area contributed by atoms with E-state index in [1.54, 1.807) is 0 Å². The van der Waals surface area contributed by atoms with E-state index in [0.717, 1.165) is 36.7 Å². The lowest BCUT2D eigenvalue weighted by atomic mass is 10.1. The molecule has 0 aromatic carbocycles. The van der Waals surface area contributed by atoms with Gasteiger partial charge in [-0.1, -0.05) is 12.2 Å². The molecule has 1 aromatic rings. The molecule has 100 valence electrons. The largest absolute Gasteiger partial charge is 0.389 e. The smallest absolute Gasteiger partial charge is 0.137 e. The van der Waals surface area contributed by atoms with Gasteiger partial charge in [0.25, 0.3) is 0 Å². The Hall–Kier alpha value is -1.14. The van der Waals surface area contributed by atoms with E-state index >= 15 is 0 Å². The summed E-state index contributed by atoms with van der Waals surface area (Å²) in [5.41, 5.74) is 7.68. The first-order valence-corrected chi connectivity index (χ1v) is 6.61. The predicted molar refractivity (Wildman–Crippen MR) is 78.1 cm³/mol. The normalized spacial score (nSPS) is 21.3. The number of rotatable bonds is 2. The molecule has 2 heterocycles. The average molecular weight is 267 g/mol. The summed E-state index contributed by atoms with van der Waals surface area (Å²) in [7, 11) is 4.10. The minimum atomic E-state index is 0.432. The first kappa shape index (κ1) is 13.3. The molecule has 1 aliphatic rings. The quantitative estimate of drug-likeness (QED) is 0.791. The number of nitrogens with zero attached hydrogens (tertiary/aromatic N) is 4. The van der Waals surface area contributed by atoms with Gasteiger partial charge in [0.2, 0.25) is 0 Å². The zero-order valence-electron chi connectivity index (χ0n) is 11.5.